The van der Waals surface area contributed by atoms with Crippen LogP contribution < -0.4 is 10.1 Å². The predicted molar refractivity (Wildman–Crippen MR) is 114 cm³/mol. The molecule has 0 aliphatic carbocycles. The predicted octanol–water partition coefficient (Wildman–Crippen LogP) is 3.21. The Hall–Kier alpha value is -2.27. The molecule has 0 atom stereocenters. The number of H-pyrrole nitrogens is 1. The molecule has 0 saturated carbocycles. The molecule has 1 amide bonds. The third-order valence-electron chi connectivity index (χ3n) is 3.99. The molecule has 8 nitrogen and oxygen atoms in total. The van der Waals surface area contributed by atoms with Gasteiger partial charge in [-0.1, -0.05) is 23.4 Å². The zero-order valence-electron chi connectivity index (χ0n) is 15.9. The number of hydrogen-bond acceptors (Lipinski definition) is 6. The molecular formula is C18H19ClN4O4S2. The fraction of sp³-hybridized carbons (Fsp3) is 0.222. The highest BCUT2D eigenvalue weighted by atomic mass is 35.5. The lowest BCUT2D eigenvalue weighted by atomic mass is 10.3. The second kappa shape index (κ2) is 8.62. The van der Waals surface area contributed by atoms with Gasteiger partial charge < -0.3 is 15.0 Å². The number of hydrogen-bond donors (Lipinski definition) is 2. The van der Waals surface area contributed by atoms with Gasteiger partial charge in [0.2, 0.25) is 15.9 Å². The normalized spacial score (nSPS) is 11.8. The van der Waals surface area contributed by atoms with Gasteiger partial charge in [0.05, 0.1) is 34.5 Å². The maximum Gasteiger partial charge on any atom is 0.242 e. The van der Waals surface area contributed by atoms with Gasteiger partial charge >= 0.3 is 0 Å². The summed E-state index contributed by atoms with van der Waals surface area (Å²) in [7, 11) is 0.684. The van der Waals surface area contributed by atoms with Gasteiger partial charge in [-0.2, -0.15) is 0 Å². The fourth-order valence-electron chi connectivity index (χ4n) is 2.50. The maximum atomic E-state index is 12.4. The van der Waals surface area contributed by atoms with Crippen LogP contribution in [0.1, 0.15) is 0 Å². The van der Waals surface area contributed by atoms with Crippen molar-refractivity contribution in [2.24, 2.45) is 0 Å². The first-order chi connectivity index (χ1) is 13.7. The summed E-state index contributed by atoms with van der Waals surface area (Å²) in [6.45, 7) is 0. The van der Waals surface area contributed by atoms with E-state index in [4.69, 9.17) is 16.3 Å². The smallest absolute Gasteiger partial charge is 0.242 e. The average Bonchev–Trinajstić information content (AvgIpc) is 3.08. The molecule has 3 aromatic rings. The van der Waals surface area contributed by atoms with E-state index in [1.165, 1.54) is 51.2 Å². The average molecular weight is 455 g/mol. The van der Waals surface area contributed by atoms with E-state index in [1.54, 1.807) is 18.2 Å². The Kier molecular flexibility index (Phi) is 6.37. The third kappa shape index (κ3) is 4.84. The van der Waals surface area contributed by atoms with Gasteiger partial charge in [0.25, 0.3) is 0 Å². The van der Waals surface area contributed by atoms with Gasteiger partial charge in [0.1, 0.15) is 5.75 Å². The Bertz CT molecular complexity index is 1160. The highest BCUT2D eigenvalue weighted by molar-refractivity contribution is 7.99. The molecule has 0 bridgehead atoms. The monoisotopic (exact) mass is 454 g/mol. The largest absolute Gasteiger partial charge is 0.495 e. The number of carbonyl (C=O) groups excluding carboxylic acids is 1. The van der Waals surface area contributed by atoms with Crippen LogP contribution in [0.15, 0.2) is 46.5 Å². The number of imidazole rings is 1. The summed E-state index contributed by atoms with van der Waals surface area (Å²) in [6.07, 6.45) is 0. The molecule has 0 aliphatic heterocycles. The van der Waals surface area contributed by atoms with Crippen LogP contribution >= 0.6 is 23.4 Å². The molecule has 0 spiro atoms. The van der Waals surface area contributed by atoms with Crippen LogP contribution in [0.4, 0.5) is 5.69 Å². The number of carbonyl (C=O) groups is 1. The number of amides is 1. The van der Waals surface area contributed by atoms with Crippen molar-refractivity contribution in [1.29, 1.82) is 0 Å². The number of thioether (sulfide) groups is 1. The minimum absolute atomic E-state index is 0.0559. The van der Waals surface area contributed by atoms with E-state index in [0.717, 1.165) is 15.3 Å². The summed E-state index contributed by atoms with van der Waals surface area (Å²) in [5.41, 5.74) is 1.81. The van der Waals surface area contributed by atoms with Crippen molar-refractivity contribution in [3.8, 4) is 5.75 Å². The van der Waals surface area contributed by atoms with Crippen LogP contribution in [-0.2, 0) is 14.8 Å². The maximum absolute atomic E-state index is 12.4. The molecule has 3 rings (SSSR count). The van der Waals surface area contributed by atoms with E-state index < -0.39 is 10.0 Å². The highest BCUT2D eigenvalue weighted by Gasteiger charge is 2.20. The molecule has 0 aliphatic rings. The van der Waals surface area contributed by atoms with Gasteiger partial charge in [-0.3, -0.25) is 4.79 Å². The number of aromatic nitrogens is 2. The molecule has 2 aromatic carbocycles. The van der Waals surface area contributed by atoms with E-state index >= 15 is 0 Å². The summed E-state index contributed by atoms with van der Waals surface area (Å²) >= 11 is 7.18. The van der Waals surface area contributed by atoms with Gasteiger partial charge in [-0.05, 0) is 36.4 Å². The van der Waals surface area contributed by atoms with Crippen molar-refractivity contribution in [2.45, 2.75) is 10.1 Å². The molecular weight excluding hydrogens is 436 g/mol. The van der Waals surface area contributed by atoms with E-state index in [-0.39, 0.29) is 22.2 Å². The topological polar surface area (TPSA) is 104 Å². The number of methoxy groups -OCH3 is 1. The number of aromatic amines is 1. The molecule has 0 unspecified atom stereocenters. The van der Waals surface area contributed by atoms with Crippen molar-refractivity contribution in [3.05, 3.63) is 41.4 Å². The molecule has 11 heteroatoms. The van der Waals surface area contributed by atoms with Crippen LogP contribution in [0.3, 0.4) is 0 Å². The van der Waals surface area contributed by atoms with E-state index in [2.05, 4.69) is 15.3 Å². The standard InChI is InChI=1S/C18H19ClN4O4S2/c1-23(2)29(25,26)12-5-7-16(27-3)15(9-12)20-17(24)10-28-18-21-13-6-4-11(19)8-14(13)22-18/h4-9H,10H2,1-3H3,(H,20,24)(H,21,22). The van der Waals surface area contributed by atoms with Crippen LogP contribution in [0.2, 0.25) is 5.02 Å². The Morgan fingerprint density at radius 1 is 1.28 bits per heavy atom. The summed E-state index contributed by atoms with van der Waals surface area (Å²) in [4.78, 5) is 20.0. The summed E-state index contributed by atoms with van der Waals surface area (Å²) in [5.74, 6) is 0.104. The zero-order chi connectivity index (χ0) is 21.2. The lowest BCUT2D eigenvalue weighted by Crippen LogP contribution is -2.22. The summed E-state index contributed by atoms with van der Waals surface area (Å²) in [5, 5.41) is 3.87. The molecule has 0 fully saturated rings. The van der Waals surface area contributed by atoms with Gasteiger partial charge in [-0.15, -0.1) is 0 Å². The number of nitrogens with one attached hydrogen (secondary N) is 2. The zero-order valence-corrected chi connectivity index (χ0v) is 18.3. The second-order valence-corrected chi connectivity index (χ2v) is 9.74. The van der Waals surface area contributed by atoms with Crippen LogP contribution in [-0.4, -0.2) is 55.6 Å². The minimum Gasteiger partial charge on any atom is -0.495 e. The van der Waals surface area contributed by atoms with Crippen molar-refractivity contribution >= 4 is 56.0 Å². The van der Waals surface area contributed by atoms with E-state index in [0.29, 0.717) is 15.9 Å². The molecule has 154 valence electrons. The second-order valence-electron chi connectivity index (χ2n) is 6.19. The molecule has 1 heterocycles. The van der Waals surface area contributed by atoms with Crippen molar-refractivity contribution in [3.63, 3.8) is 0 Å². The van der Waals surface area contributed by atoms with Gasteiger partial charge in [0.15, 0.2) is 5.16 Å². The Labute approximate surface area is 177 Å². The van der Waals surface area contributed by atoms with Crippen molar-refractivity contribution < 1.29 is 17.9 Å². The fourth-order valence-corrected chi connectivity index (χ4v) is 4.29. The summed E-state index contributed by atoms with van der Waals surface area (Å²) < 4.78 is 31.0. The quantitative estimate of drug-likeness (QED) is 0.531. The Morgan fingerprint density at radius 2 is 2.03 bits per heavy atom. The number of anilines is 1. The number of halogens is 1. The lowest BCUT2D eigenvalue weighted by Gasteiger charge is -2.15. The molecule has 0 saturated heterocycles. The Morgan fingerprint density at radius 3 is 2.72 bits per heavy atom. The van der Waals surface area contributed by atoms with Crippen molar-refractivity contribution in [1.82, 2.24) is 14.3 Å². The molecule has 0 radical (unpaired) electrons. The van der Waals surface area contributed by atoms with Crippen LogP contribution in [0.25, 0.3) is 11.0 Å². The van der Waals surface area contributed by atoms with E-state index in [9.17, 15) is 13.2 Å². The lowest BCUT2D eigenvalue weighted by molar-refractivity contribution is -0.113. The first-order valence-corrected chi connectivity index (χ1v) is 11.2. The number of sulfonamides is 1. The third-order valence-corrected chi connectivity index (χ3v) is 6.91. The van der Waals surface area contributed by atoms with Gasteiger partial charge in [0, 0.05) is 19.1 Å². The summed E-state index contributed by atoms with van der Waals surface area (Å²) in [6, 6.07) is 9.60. The SMILES string of the molecule is COc1ccc(S(=O)(=O)N(C)C)cc1NC(=O)CSc1nc2ccc(Cl)cc2[nH]1. The van der Waals surface area contributed by atoms with Crippen LogP contribution in [0.5, 0.6) is 5.75 Å². The van der Waals surface area contributed by atoms with Crippen molar-refractivity contribution in [2.75, 3.05) is 32.3 Å². The van der Waals surface area contributed by atoms with Crippen LogP contribution in [0, 0.1) is 0 Å². The number of benzene rings is 2. The molecule has 1 aromatic heterocycles. The minimum atomic E-state index is -3.64. The molecule has 29 heavy (non-hydrogen) atoms. The van der Waals surface area contributed by atoms with Gasteiger partial charge in [-0.25, -0.2) is 17.7 Å². The highest BCUT2D eigenvalue weighted by Crippen LogP contribution is 2.29. The number of nitrogens with zero attached hydrogens (tertiary/aromatic N) is 2. The first kappa shape index (κ1) is 21.4. The number of fused-ring (bicyclic) bond motifs is 1. The number of rotatable bonds is 7. The molecule has 2 N–H and O–H groups in total. The first-order valence-electron chi connectivity index (χ1n) is 8.39. The number of ether oxygens (including phenoxy) is 1. The Balaban J connectivity index is 1.73. The van der Waals surface area contributed by atoms with E-state index in [1.807, 2.05) is 0 Å².